The largest absolute Gasteiger partial charge is 0.487 e. The van der Waals surface area contributed by atoms with Gasteiger partial charge in [0.25, 0.3) is 11.1 Å². The topological polar surface area (TPSA) is 90.7 Å². The van der Waals surface area contributed by atoms with Gasteiger partial charge in [-0.3, -0.25) is 19.3 Å². The van der Waals surface area contributed by atoms with Gasteiger partial charge in [-0.2, -0.15) is 5.26 Å². The Bertz CT molecular complexity index is 1230. The van der Waals surface area contributed by atoms with E-state index in [9.17, 15) is 19.6 Å². The molecule has 180 valence electrons. The monoisotopic (exact) mass is 713 g/mol. The molecule has 2 aromatic rings. The molecule has 0 bridgehead atoms. The van der Waals surface area contributed by atoms with Crippen LogP contribution in [0.1, 0.15) is 36.0 Å². The van der Waals surface area contributed by atoms with Gasteiger partial charge in [0, 0.05) is 18.7 Å². The smallest absolute Gasteiger partial charge is 0.294 e. The fourth-order valence-electron chi connectivity index (χ4n) is 3.87. The van der Waals surface area contributed by atoms with E-state index in [-0.39, 0.29) is 19.1 Å². The molecule has 0 aliphatic carbocycles. The first-order valence-corrected chi connectivity index (χ1v) is 14.0. The van der Waals surface area contributed by atoms with Gasteiger partial charge >= 0.3 is 0 Å². The van der Waals surface area contributed by atoms with Gasteiger partial charge in [0.2, 0.25) is 5.91 Å². The molecule has 2 saturated heterocycles. The van der Waals surface area contributed by atoms with Crippen LogP contribution in [0.5, 0.6) is 5.75 Å². The van der Waals surface area contributed by atoms with Crippen molar-refractivity contribution in [3.63, 3.8) is 0 Å². The number of nitrogens with zero attached hydrogens (tertiary/aromatic N) is 3. The number of nitriles is 1. The molecule has 0 saturated carbocycles. The third kappa shape index (κ3) is 6.18. The van der Waals surface area contributed by atoms with Crippen LogP contribution >= 0.6 is 56.9 Å². The molecule has 35 heavy (non-hydrogen) atoms. The molecule has 2 aliphatic rings. The highest BCUT2D eigenvalue weighted by Gasteiger charge is 2.37. The number of likely N-dealkylation sites (tertiary alicyclic amines) is 1. The third-order valence-corrected chi connectivity index (χ3v) is 8.21. The fourth-order valence-corrected chi connectivity index (χ4v) is 6.84. The lowest BCUT2D eigenvalue weighted by Crippen LogP contribution is -2.44. The Morgan fingerprint density at radius 3 is 2.49 bits per heavy atom. The van der Waals surface area contributed by atoms with Gasteiger partial charge in [0.05, 0.1) is 23.7 Å². The van der Waals surface area contributed by atoms with E-state index >= 15 is 0 Å². The molecule has 0 spiro atoms. The predicted molar refractivity (Wildman–Crippen MR) is 150 cm³/mol. The third-order valence-electron chi connectivity index (χ3n) is 5.70. The lowest BCUT2D eigenvalue weighted by molar-refractivity contribution is -0.136. The van der Waals surface area contributed by atoms with Crippen LogP contribution in [0.15, 0.2) is 41.3 Å². The number of carbonyl (C=O) groups excluding carboxylic acids is 3. The van der Waals surface area contributed by atoms with Crippen LogP contribution in [-0.4, -0.2) is 46.5 Å². The fraction of sp³-hybridized carbons (Fsp3) is 0.280. The number of benzene rings is 2. The van der Waals surface area contributed by atoms with E-state index in [1.54, 1.807) is 17.0 Å². The number of hydrogen-bond acceptors (Lipinski definition) is 6. The second-order valence-electron chi connectivity index (χ2n) is 8.08. The van der Waals surface area contributed by atoms with Crippen LogP contribution in [0.25, 0.3) is 6.08 Å². The summed E-state index contributed by atoms with van der Waals surface area (Å²) in [4.78, 5) is 41.0. The maximum Gasteiger partial charge on any atom is 0.294 e. The first-order chi connectivity index (χ1) is 16.9. The first kappa shape index (κ1) is 26.0. The summed E-state index contributed by atoms with van der Waals surface area (Å²) >= 11 is 5.19. The van der Waals surface area contributed by atoms with E-state index in [0.29, 0.717) is 29.3 Å². The highest BCUT2D eigenvalue weighted by Crippen LogP contribution is 2.35. The molecule has 0 N–H and O–H groups in total. The second-order valence-corrected chi connectivity index (χ2v) is 11.4. The number of piperidine rings is 1. The molecule has 3 amide bonds. The number of rotatable bonds is 6. The molecule has 2 heterocycles. The highest BCUT2D eigenvalue weighted by atomic mass is 127. The molecule has 10 heteroatoms. The second kappa shape index (κ2) is 11.7. The van der Waals surface area contributed by atoms with Crippen molar-refractivity contribution < 1.29 is 19.1 Å². The van der Waals surface area contributed by atoms with Crippen molar-refractivity contribution in [1.29, 1.82) is 5.26 Å². The van der Waals surface area contributed by atoms with E-state index in [1.807, 2.05) is 30.3 Å². The van der Waals surface area contributed by atoms with Gasteiger partial charge in [-0.25, -0.2) is 0 Å². The molecule has 0 aromatic heterocycles. The van der Waals surface area contributed by atoms with E-state index in [0.717, 1.165) is 54.2 Å². The molecule has 4 rings (SSSR count). The number of amides is 3. The molecular formula is C25H21I2N3O4S. The van der Waals surface area contributed by atoms with Crippen LogP contribution in [-0.2, 0) is 16.2 Å². The number of halogens is 2. The molecule has 0 unspecified atom stereocenters. The molecule has 7 nitrogen and oxygen atoms in total. The van der Waals surface area contributed by atoms with E-state index in [1.165, 1.54) is 0 Å². The Morgan fingerprint density at radius 2 is 1.80 bits per heavy atom. The van der Waals surface area contributed by atoms with Crippen LogP contribution in [0, 0.1) is 18.5 Å². The van der Waals surface area contributed by atoms with Crippen molar-refractivity contribution in [3.05, 3.63) is 65.1 Å². The first-order valence-electron chi connectivity index (χ1n) is 11.0. The van der Waals surface area contributed by atoms with Crippen molar-refractivity contribution in [1.82, 2.24) is 9.80 Å². The van der Waals surface area contributed by atoms with Crippen molar-refractivity contribution in [2.45, 2.75) is 25.9 Å². The highest BCUT2D eigenvalue weighted by molar-refractivity contribution is 14.1. The van der Waals surface area contributed by atoms with E-state index in [4.69, 9.17) is 4.74 Å². The number of ether oxygens (including phenoxy) is 1. The minimum atomic E-state index is -0.441. The molecule has 0 atom stereocenters. The lowest BCUT2D eigenvalue weighted by Gasteiger charge is -2.27. The van der Waals surface area contributed by atoms with Gasteiger partial charge < -0.3 is 9.64 Å². The van der Waals surface area contributed by atoms with Gasteiger partial charge in [-0.15, -0.1) is 0 Å². The number of thioether (sulfide) groups is 1. The van der Waals surface area contributed by atoms with Gasteiger partial charge in [0.1, 0.15) is 18.9 Å². The summed E-state index contributed by atoms with van der Waals surface area (Å²) in [6, 6.07) is 13.2. The minimum Gasteiger partial charge on any atom is -0.487 e. The predicted octanol–water partition coefficient (Wildman–Crippen LogP) is 5.40. The molecule has 0 radical (unpaired) electrons. The standard InChI is InChI=1S/C25H21I2N3O4S/c26-19-10-16(11-20(27)23(19)34-15-18-7-3-2-6-17(18)13-28)12-21-24(32)30(25(33)35-21)14-22(31)29-8-4-1-5-9-29/h2-3,6-7,10-12H,1,4-5,8-9,14-15H2/b21-12-. The van der Waals surface area contributed by atoms with Gasteiger partial charge in [-0.1, -0.05) is 18.2 Å². The number of imide groups is 1. The summed E-state index contributed by atoms with van der Waals surface area (Å²) in [5.74, 6) is 0.0666. The van der Waals surface area contributed by atoms with Gasteiger partial charge in [0.15, 0.2) is 0 Å². The summed E-state index contributed by atoms with van der Waals surface area (Å²) in [5, 5.41) is 8.85. The van der Waals surface area contributed by atoms with Gasteiger partial charge in [-0.05, 0) is 106 Å². The van der Waals surface area contributed by atoms with Crippen LogP contribution in [0.3, 0.4) is 0 Å². The van der Waals surface area contributed by atoms with E-state index < -0.39 is 11.1 Å². The van der Waals surface area contributed by atoms with Crippen molar-refractivity contribution >= 4 is 80.1 Å². The van der Waals surface area contributed by atoms with Crippen molar-refractivity contribution in [2.75, 3.05) is 19.6 Å². The Balaban J connectivity index is 1.46. The molecule has 2 aliphatic heterocycles. The zero-order chi connectivity index (χ0) is 24.9. The molecule has 2 aromatic carbocycles. The summed E-state index contributed by atoms with van der Waals surface area (Å²) in [6.07, 6.45) is 4.68. The minimum absolute atomic E-state index is 0.183. The molecule has 2 fully saturated rings. The Labute approximate surface area is 235 Å². The van der Waals surface area contributed by atoms with Crippen molar-refractivity contribution in [3.8, 4) is 11.8 Å². The average Bonchev–Trinajstić information content (AvgIpc) is 3.11. The zero-order valence-electron chi connectivity index (χ0n) is 18.6. The van der Waals surface area contributed by atoms with Crippen LogP contribution in [0.2, 0.25) is 0 Å². The average molecular weight is 713 g/mol. The van der Waals surface area contributed by atoms with Crippen LogP contribution < -0.4 is 4.74 Å². The molecular weight excluding hydrogens is 692 g/mol. The quantitative estimate of drug-likeness (QED) is 0.295. The van der Waals surface area contributed by atoms with E-state index in [2.05, 4.69) is 51.3 Å². The summed E-state index contributed by atoms with van der Waals surface area (Å²) < 4.78 is 7.70. The number of carbonyl (C=O) groups is 3. The Hall–Kier alpha value is -2.11. The Kier molecular flexibility index (Phi) is 8.72. The summed E-state index contributed by atoms with van der Waals surface area (Å²) in [6.45, 7) is 1.41. The normalized spacial score (nSPS) is 17.1. The Morgan fingerprint density at radius 1 is 1.11 bits per heavy atom. The SMILES string of the molecule is N#Cc1ccccc1COc1c(I)cc(/C=C2\SC(=O)N(CC(=O)N3CCCCC3)C2=O)cc1I. The zero-order valence-corrected chi connectivity index (χ0v) is 23.8. The number of hydrogen-bond donors (Lipinski definition) is 0. The lowest BCUT2D eigenvalue weighted by atomic mass is 10.1. The van der Waals surface area contributed by atoms with Crippen LogP contribution in [0.4, 0.5) is 4.79 Å². The maximum atomic E-state index is 12.9. The summed E-state index contributed by atoms with van der Waals surface area (Å²) in [5.41, 5.74) is 2.14. The maximum absolute atomic E-state index is 12.9. The summed E-state index contributed by atoms with van der Waals surface area (Å²) in [7, 11) is 0. The van der Waals surface area contributed by atoms with Crippen molar-refractivity contribution in [2.24, 2.45) is 0 Å².